The molecule has 2 aromatic rings. The van der Waals surface area contributed by atoms with E-state index in [1.54, 1.807) is 6.20 Å². The first-order chi connectivity index (χ1) is 10.8. The number of ether oxygens (including phenoxy) is 1. The molecular formula is C16H21N3O2S. The average Bonchev–Trinajstić information content (AvgIpc) is 3.24. The first-order valence-corrected chi connectivity index (χ1v) is 8.50. The molecule has 118 valence electrons. The fourth-order valence-corrected chi connectivity index (χ4v) is 3.21. The SMILES string of the molecule is OC(CNC1CCCC1)COc1ccc(-c2cnns2)cc1. The summed E-state index contributed by atoms with van der Waals surface area (Å²) in [5.74, 6) is 0.765. The fraction of sp³-hybridized carbons (Fsp3) is 0.500. The van der Waals surface area contributed by atoms with Gasteiger partial charge in [0.05, 0.1) is 11.1 Å². The molecule has 0 amide bonds. The molecule has 1 aromatic carbocycles. The molecule has 1 saturated carbocycles. The quantitative estimate of drug-likeness (QED) is 0.820. The Hall–Kier alpha value is -1.50. The summed E-state index contributed by atoms with van der Waals surface area (Å²) in [7, 11) is 0. The van der Waals surface area contributed by atoms with Gasteiger partial charge in [-0.25, -0.2) is 0 Å². The summed E-state index contributed by atoms with van der Waals surface area (Å²) in [4.78, 5) is 1.03. The summed E-state index contributed by atoms with van der Waals surface area (Å²) >= 11 is 1.37. The van der Waals surface area contributed by atoms with Gasteiger partial charge in [-0.05, 0) is 54.2 Å². The van der Waals surface area contributed by atoms with Gasteiger partial charge < -0.3 is 15.2 Å². The Kier molecular flexibility index (Phi) is 5.37. The van der Waals surface area contributed by atoms with Gasteiger partial charge in [-0.2, -0.15) is 0 Å². The van der Waals surface area contributed by atoms with Crippen LogP contribution in [-0.2, 0) is 0 Å². The number of aliphatic hydroxyl groups is 1. The van der Waals surface area contributed by atoms with E-state index in [9.17, 15) is 5.11 Å². The molecule has 0 spiro atoms. The van der Waals surface area contributed by atoms with Gasteiger partial charge in [0.2, 0.25) is 0 Å². The zero-order valence-corrected chi connectivity index (χ0v) is 13.3. The van der Waals surface area contributed by atoms with Crippen LogP contribution in [0.25, 0.3) is 10.4 Å². The van der Waals surface area contributed by atoms with E-state index in [1.807, 2.05) is 24.3 Å². The maximum atomic E-state index is 9.97. The molecule has 6 heteroatoms. The van der Waals surface area contributed by atoms with E-state index in [0.29, 0.717) is 19.2 Å². The van der Waals surface area contributed by atoms with Gasteiger partial charge in [-0.15, -0.1) is 5.10 Å². The molecule has 1 aliphatic rings. The second-order valence-corrected chi connectivity index (χ2v) is 6.45. The van der Waals surface area contributed by atoms with Gasteiger partial charge in [0, 0.05) is 12.6 Å². The van der Waals surface area contributed by atoms with E-state index in [1.165, 1.54) is 37.2 Å². The van der Waals surface area contributed by atoms with Crippen LogP contribution in [0.4, 0.5) is 0 Å². The molecule has 1 aromatic heterocycles. The maximum Gasteiger partial charge on any atom is 0.119 e. The summed E-state index contributed by atoms with van der Waals surface area (Å²) in [5.41, 5.74) is 1.07. The van der Waals surface area contributed by atoms with E-state index in [0.717, 1.165) is 16.2 Å². The highest BCUT2D eigenvalue weighted by atomic mass is 32.1. The molecule has 0 saturated heterocycles. The van der Waals surface area contributed by atoms with Crippen LogP contribution in [0.5, 0.6) is 5.75 Å². The molecule has 0 bridgehead atoms. The van der Waals surface area contributed by atoms with Crippen molar-refractivity contribution in [3.8, 4) is 16.2 Å². The second-order valence-electron chi connectivity index (χ2n) is 5.66. The molecule has 0 aliphatic heterocycles. The lowest BCUT2D eigenvalue weighted by Gasteiger charge is -2.16. The lowest BCUT2D eigenvalue weighted by molar-refractivity contribution is 0.104. The Morgan fingerprint density at radius 1 is 1.27 bits per heavy atom. The first kappa shape index (κ1) is 15.4. The minimum Gasteiger partial charge on any atom is -0.491 e. The number of hydrogen-bond donors (Lipinski definition) is 2. The third-order valence-electron chi connectivity index (χ3n) is 3.94. The maximum absolute atomic E-state index is 9.97. The van der Waals surface area contributed by atoms with Crippen molar-refractivity contribution in [2.45, 2.75) is 37.8 Å². The van der Waals surface area contributed by atoms with Crippen LogP contribution in [0.2, 0.25) is 0 Å². The predicted molar refractivity (Wildman–Crippen MR) is 87.1 cm³/mol. The zero-order valence-electron chi connectivity index (χ0n) is 12.4. The third kappa shape index (κ3) is 4.25. The molecule has 1 aliphatic carbocycles. The fourth-order valence-electron chi connectivity index (χ4n) is 2.69. The van der Waals surface area contributed by atoms with Crippen molar-refractivity contribution in [2.75, 3.05) is 13.2 Å². The standard InChI is InChI=1S/C16H21N3O2S/c20-14(9-17-13-3-1-2-4-13)11-21-15-7-5-12(6-8-15)16-10-18-19-22-16/h5-8,10,13-14,17,20H,1-4,9,11H2. The smallest absolute Gasteiger partial charge is 0.119 e. The highest BCUT2D eigenvalue weighted by Crippen LogP contribution is 2.24. The number of aromatic nitrogens is 2. The van der Waals surface area contributed by atoms with Gasteiger partial charge in [-0.3, -0.25) is 0 Å². The lowest BCUT2D eigenvalue weighted by atomic mass is 10.2. The van der Waals surface area contributed by atoms with Crippen LogP contribution in [0.15, 0.2) is 30.5 Å². The Bertz CT molecular complexity index is 553. The highest BCUT2D eigenvalue weighted by Gasteiger charge is 2.15. The molecule has 1 fully saturated rings. The number of benzene rings is 1. The Labute approximate surface area is 134 Å². The van der Waals surface area contributed by atoms with E-state index >= 15 is 0 Å². The molecule has 2 N–H and O–H groups in total. The molecule has 1 heterocycles. The molecule has 3 rings (SSSR count). The lowest BCUT2D eigenvalue weighted by Crippen LogP contribution is -2.36. The third-order valence-corrected chi connectivity index (χ3v) is 4.65. The van der Waals surface area contributed by atoms with Crippen molar-refractivity contribution in [1.82, 2.24) is 14.9 Å². The predicted octanol–water partition coefficient (Wildman–Crippen LogP) is 2.48. The van der Waals surface area contributed by atoms with Gasteiger partial charge in [-0.1, -0.05) is 17.3 Å². The number of hydrogen-bond acceptors (Lipinski definition) is 6. The minimum atomic E-state index is -0.481. The molecule has 0 radical (unpaired) electrons. The zero-order chi connectivity index (χ0) is 15.2. The molecule has 5 nitrogen and oxygen atoms in total. The van der Waals surface area contributed by atoms with Crippen molar-refractivity contribution in [2.24, 2.45) is 0 Å². The van der Waals surface area contributed by atoms with Gasteiger partial charge in [0.1, 0.15) is 18.5 Å². The summed E-state index contributed by atoms with van der Waals surface area (Å²) in [6, 6.07) is 8.35. The normalized spacial score (nSPS) is 16.8. The van der Waals surface area contributed by atoms with Gasteiger partial charge in [0.15, 0.2) is 0 Å². The minimum absolute atomic E-state index is 0.307. The first-order valence-electron chi connectivity index (χ1n) is 7.73. The Balaban J connectivity index is 1.42. The summed E-state index contributed by atoms with van der Waals surface area (Å²) in [6.45, 7) is 0.899. The number of rotatable bonds is 7. The van der Waals surface area contributed by atoms with Crippen molar-refractivity contribution in [3.05, 3.63) is 30.5 Å². The summed E-state index contributed by atoms with van der Waals surface area (Å²) in [6.07, 6.45) is 6.31. The van der Waals surface area contributed by atoms with Crippen LogP contribution < -0.4 is 10.1 Å². The number of nitrogens with one attached hydrogen (secondary N) is 1. The van der Waals surface area contributed by atoms with Crippen LogP contribution in [-0.4, -0.2) is 40.0 Å². The Morgan fingerprint density at radius 2 is 2.05 bits per heavy atom. The van der Waals surface area contributed by atoms with Crippen molar-refractivity contribution < 1.29 is 9.84 Å². The van der Waals surface area contributed by atoms with Crippen molar-refractivity contribution in [1.29, 1.82) is 0 Å². The highest BCUT2D eigenvalue weighted by molar-refractivity contribution is 7.09. The average molecular weight is 319 g/mol. The van der Waals surface area contributed by atoms with E-state index in [2.05, 4.69) is 14.9 Å². The van der Waals surface area contributed by atoms with Crippen LogP contribution in [0.3, 0.4) is 0 Å². The largest absolute Gasteiger partial charge is 0.491 e. The van der Waals surface area contributed by atoms with Crippen LogP contribution >= 0.6 is 11.5 Å². The monoisotopic (exact) mass is 319 g/mol. The van der Waals surface area contributed by atoms with Gasteiger partial charge >= 0.3 is 0 Å². The Morgan fingerprint density at radius 3 is 2.73 bits per heavy atom. The topological polar surface area (TPSA) is 67.3 Å². The summed E-state index contributed by atoms with van der Waals surface area (Å²) < 4.78 is 9.49. The number of aliphatic hydroxyl groups excluding tert-OH is 1. The molecule has 1 unspecified atom stereocenters. The molecule has 1 atom stereocenters. The van der Waals surface area contributed by atoms with Crippen molar-refractivity contribution >= 4 is 11.5 Å². The number of nitrogens with zero attached hydrogens (tertiary/aromatic N) is 2. The molecule has 22 heavy (non-hydrogen) atoms. The van der Waals surface area contributed by atoms with Crippen molar-refractivity contribution in [3.63, 3.8) is 0 Å². The van der Waals surface area contributed by atoms with Crippen LogP contribution in [0, 0.1) is 0 Å². The molecular weight excluding hydrogens is 298 g/mol. The van der Waals surface area contributed by atoms with Crippen LogP contribution in [0.1, 0.15) is 25.7 Å². The van der Waals surface area contributed by atoms with E-state index < -0.39 is 6.10 Å². The van der Waals surface area contributed by atoms with E-state index in [-0.39, 0.29) is 0 Å². The van der Waals surface area contributed by atoms with Gasteiger partial charge in [0.25, 0.3) is 0 Å². The summed E-state index contributed by atoms with van der Waals surface area (Å²) in [5, 5.41) is 17.2. The second kappa shape index (κ2) is 7.67. The van der Waals surface area contributed by atoms with E-state index in [4.69, 9.17) is 4.74 Å².